The van der Waals surface area contributed by atoms with E-state index in [9.17, 15) is 8.42 Å². The molecule has 7 nitrogen and oxygen atoms in total. The number of benzene rings is 2. The number of sulfonamides is 1. The van der Waals surface area contributed by atoms with E-state index in [1.54, 1.807) is 19.2 Å². The van der Waals surface area contributed by atoms with Gasteiger partial charge in [0.2, 0.25) is 10.0 Å². The van der Waals surface area contributed by atoms with Gasteiger partial charge in [-0.25, -0.2) is 13.6 Å². The minimum Gasteiger partial charge on any atom is -0.495 e. The second kappa shape index (κ2) is 9.59. The largest absolute Gasteiger partial charge is 0.495 e. The Labute approximate surface area is 160 Å². The van der Waals surface area contributed by atoms with Crippen LogP contribution >= 0.6 is 0 Å². The van der Waals surface area contributed by atoms with Crippen LogP contribution in [0.15, 0.2) is 47.4 Å². The molecule has 0 aromatic heterocycles. The average molecular weight is 394 g/mol. The van der Waals surface area contributed by atoms with E-state index in [2.05, 4.69) is 5.32 Å². The molecular formula is C19H26N2O5S. The Morgan fingerprint density at radius 2 is 1.70 bits per heavy atom. The van der Waals surface area contributed by atoms with E-state index >= 15 is 0 Å². The van der Waals surface area contributed by atoms with E-state index in [4.69, 9.17) is 19.3 Å². The molecule has 0 aliphatic heterocycles. The highest BCUT2D eigenvalue weighted by atomic mass is 32.2. The molecule has 2 aromatic carbocycles. The van der Waals surface area contributed by atoms with Crippen molar-refractivity contribution in [2.75, 3.05) is 27.4 Å². The number of para-hydroxylation sites is 2. The summed E-state index contributed by atoms with van der Waals surface area (Å²) in [5.41, 5.74) is 0.852. The lowest BCUT2D eigenvalue weighted by molar-refractivity contribution is 0.287. The number of methoxy groups -OCH3 is 2. The fourth-order valence-electron chi connectivity index (χ4n) is 2.70. The molecule has 8 heteroatoms. The van der Waals surface area contributed by atoms with E-state index in [0.717, 1.165) is 5.56 Å². The summed E-state index contributed by atoms with van der Waals surface area (Å²) in [5, 5.41) is 8.61. The summed E-state index contributed by atoms with van der Waals surface area (Å²) in [4.78, 5) is -0.00536. The number of rotatable bonds is 10. The number of hydrogen-bond acceptors (Lipinski definition) is 6. The van der Waals surface area contributed by atoms with Gasteiger partial charge in [0, 0.05) is 12.6 Å². The van der Waals surface area contributed by atoms with E-state index in [1.807, 2.05) is 37.3 Å². The summed E-state index contributed by atoms with van der Waals surface area (Å²) in [6.45, 7) is 3.14. The quantitative estimate of drug-likeness (QED) is 0.598. The first-order chi connectivity index (χ1) is 12.8. The van der Waals surface area contributed by atoms with Crippen molar-refractivity contribution in [3.8, 4) is 17.2 Å². The van der Waals surface area contributed by atoms with Gasteiger partial charge in [0.15, 0.2) is 11.5 Å². The first kappa shape index (κ1) is 21.0. The molecule has 0 saturated carbocycles. The second-order valence-corrected chi connectivity index (χ2v) is 7.62. The van der Waals surface area contributed by atoms with Crippen LogP contribution in [0.5, 0.6) is 17.2 Å². The second-order valence-electron chi connectivity index (χ2n) is 6.09. The van der Waals surface area contributed by atoms with Gasteiger partial charge in [0.25, 0.3) is 0 Å². The van der Waals surface area contributed by atoms with Crippen molar-refractivity contribution in [1.29, 1.82) is 0 Å². The molecule has 2 rings (SSSR count). The Morgan fingerprint density at radius 1 is 1.04 bits per heavy atom. The molecule has 0 aliphatic rings. The van der Waals surface area contributed by atoms with Crippen molar-refractivity contribution < 1.29 is 22.6 Å². The third-order valence-electron chi connectivity index (χ3n) is 4.00. The van der Waals surface area contributed by atoms with E-state index < -0.39 is 10.0 Å². The number of nitrogens with one attached hydrogen (secondary N) is 1. The van der Waals surface area contributed by atoms with Crippen molar-refractivity contribution in [2.24, 2.45) is 5.14 Å². The summed E-state index contributed by atoms with van der Waals surface area (Å²) in [7, 11) is -0.823. The highest BCUT2D eigenvalue weighted by Crippen LogP contribution is 2.26. The summed E-state index contributed by atoms with van der Waals surface area (Å²) >= 11 is 0. The van der Waals surface area contributed by atoms with Crippen molar-refractivity contribution in [1.82, 2.24) is 5.32 Å². The van der Waals surface area contributed by atoms with E-state index in [-0.39, 0.29) is 16.7 Å². The molecule has 0 bridgehead atoms. The Kier molecular flexibility index (Phi) is 7.46. The fourth-order valence-corrected chi connectivity index (χ4v) is 3.45. The van der Waals surface area contributed by atoms with Crippen LogP contribution < -0.4 is 24.7 Å². The Hall–Kier alpha value is -2.29. The van der Waals surface area contributed by atoms with Crippen LogP contribution in [-0.4, -0.2) is 41.8 Å². The first-order valence-corrected chi connectivity index (χ1v) is 10.1. The summed E-state index contributed by atoms with van der Waals surface area (Å²) < 4.78 is 39.4. The molecule has 0 fully saturated rings. The molecule has 3 N–H and O–H groups in total. The van der Waals surface area contributed by atoms with Crippen molar-refractivity contribution >= 4 is 10.0 Å². The number of primary sulfonamides is 1. The van der Waals surface area contributed by atoms with Crippen LogP contribution in [0.3, 0.4) is 0 Å². The lowest BCUT2D eigenvalue weighted by Gasteiger charge is -2.16. The topological polar surface area (TPSA) is 99.9 Å². The normalized spacial score (nSPS) is 12.4. The van der Waals surface area contributed by atoms with Gasteiger partial charge >= 0.3 is 0 Å². The number of hydrogen-bond donors (Lipinski definition) is 2. The maximum atomic E-state index is 11.7. The van der Waals surface area contributed by atoms with Crippen LogP contribution in [-0.2, 0) is 16.4 Å². The molecule has 2 aromatic rings. The van der Waals surface area contributed by atoms with Gasteiger partial charge < -0.3 is 19.5 Å². The van der Waals surface area contributed by atoms with E-state index in [0.29, 0.717) is 31.1 Å². The average Bonchev–Trinajstić information content (AvgIpc) is 2.64. The lowest BCUT2D eigenvalue weighted by Crippen LogP contribution is -2.32. The van der Waals surface area contributed by atoms with E-state index in [1.165, 1.54) is 7.11 Å². The monoisotopic (exact) mass is 394 g/mol. The molecule has 0 radical (unpaired) electrons. The van der Waals surface area contributed by atoms with Gasteiger partial charge in [0.05, 0.1) is 14.2 Å². The van der Waals surface area contributed by atoms with Gasteiger partial charge in [-0.05, 0) is 43.2 Å². The predicted octanol–water partition coefficient (Wildman–Crippen LogP) is 1.95. The van der Waals surface area contributed by atoms with Crippen LogP contribution in [0.4, 0.5) is 0 Å². The molecule has 0 amide bonds. The fraction of sp³-hybridized carbons (Fsp3) is 0.368. The van der Waals surface area contributed by atoms with Crippen LogP contribution in [0.25, 0.3) is 0 Å². The molecule has 27 heavy (non-hydrogen) atoms. The Bertz CT molecular complexity index is 855. The minimum absolute atomic E-state index is 0.00536. The molecule has 0 unspecified atom stereocenters. The maximum Gasteiger partial charge on any atom is 0.241 e. The van der Waals surface area contributed by atoms with Crippen LogP contribution in [0.1, 0.15) is 12.5 Å². The van der Waals surface area contributed by atoms with Crippen molar-refractivity contribution in [3.05, 3.63) is 48.0 Å². The number of nitrogens with two attached hydrogens (primary N) is 1. The summed E-state index contributed by atoms with van der Waals surface area (Å²) in [5.74, 6) is 1.63. The van der Waals surface area contributed by atoms with Crippen LogP contribution in [0, 0.1) is 0 Å². The van der Waals surface area contributed by atoms with Crippen molar-refractivity contribution in [3.63, 3.8) is 0 Å². The van der Waals surface area contributed by atoms with Crippen LogP contribution in [0.2, 0.25) is 0 Å². The highest BCUT2D eigenvalue weighted by molar-refractivity contribution is 7.89. The zero-order valence-electron chi connectivity index (χ0n) is 15.8. The standard InChI is InChI=1S/C19H26N2O5S/c1-14(21-10-11-26-17-7-5-4-6-16(17)24-2)12-15-8-9-18(25-3)19(13-15)27(20,22)23/h4-9,13-14,21H,10-12H2,1-3H3,(H2,20,22,23)/t14-/m1/s1. The molecule has 0 aliphatic carbocycles. The zero-order valence-corrected chi connectivity index (χ0v) is 16.6. The van der Waals surface area contributed by atoms with Gasteiger partial charge in [-0.3, -0.25) is 0 Å². The highest BCUT2D eigenvalue weighted by Gasteiger charge is 2.16. The smallest absolute Gasteiger partial charge is 0.241 e. The molecule has 0 heterocycles. The van der Waals surface area contributed by atoms with Gasteiger partial charge in [-0.1, -0.05) is 18.2 Å². The predicted molar refractivity (Wildman–Crippen MR) is 104 cm³/mol. The zero-order chi connectivity index (χ0) is 19.9. The lowest BCUT2D eigenvalue weighted by atomic mass is 10.1. The Balaban J connectivity index is 1.88. The minimum atomic E-state index is -3.84. The van der Waals surface area contributed by atoms with Gasteiger partial charge in [-0.2, -0.15) is 0 Å². The molecule has 148 valence electrons. The summed E-state index contributed by atoms with van der Waals surface area (Å²) in [6.07, 6.45) is 0.640. The van der Waals surface area contributed by atoms with Gasteiger partial charge in [0.1, 0.15) is 17.3 Å². The first-order valence-electron chi connectivity index (χ1n) is 8.54. The van der Waals surface area contributed by atoms with Crippen molar-refractivity contribution in [2.45, 2.75) is 24.3 Å². The third-order valence-corrected chi connectivity index (χ3v) is 4.93. The Morgan fingerprint density at radius 3 is 2.33 bits per heavy atom. The third kappa shape index (κ3) is 6.13. The number of ether oxygens (including phenoxy) is 3. The maximum absolute atomic E-state index is 11.7. The van der Waals surface area contributed by atoms with Gasteiger partial charge in [-0.15, -0.1) is 0 Å². The molecule has 1 atom stereocenters. The summed E-state index contributed by atoms with van der Waals surface area (Å²) in [6, 6.07) is 12.6. The molecular weight excluding hydrogens is 368 g/mol. The molecule has 0 saturated heterocycles. The SMILES string of the molecule is COc1ccccc1OCCN[C@H](C)Cc1ccc(OC)c(S(N)(=O)=O)c1. The molecule has 0 spiro atoms.